The number of carbonyl (C=O) groups is 1. The van der Waals surface area contributed by atoms with Crippen molar-refractivity contribution >= 4 is 5.91 Å². The molecule has 1 aliphatic carbocycles. The first-order valence-electron chi connectivity index (χ1n) is 5.78. The topological polar surface area (TPSA) is 50.4 Å². The quantitative estimate of drug-likeness (QED) is 0.645. The van der Waals surface area contributed by atoms with E-state index in [4.69, 9.17) is 4.74 Å². The van der Waals surface area contributed by atoms with Crippen molar-refractivity contribution in [2.45, 2.75) is 12.8 Å². The van der Waals surface area contributed by atoms with Gasteiger partial charge in [-0.1, -0.05) is 0 Å². The fourth-order valence-corrected chi connectivity index (χ4v) is 2.80. The fraction of sp³-hybridized carbons (Fsp3) is 0.909. The zero-order valence-electron chi connectivity index (χ0n) is 9.29. The van der Waals surface area contributed by atoms with Gasteiger partial charge in [-0.2, -0.15) is 0 Å². The SMILES string of the molecule is COCCNC(=O)C1C[C@H]2CNC[C@H]2C1. The largest absolute Gasteiger partial charge is 0.383 e. The van der Waals surface area contributed by atoms with E-state index in [0.29, 0.717) is 13.2 Å². The van der Waals surface area contributed by atoms with Crippen LogP contribution in [-0.4, -0.2) is 39.3 Å². The average Bonchev–Trinajstić information content (AvgIpc) is 2.76. The first-order chi connectivity index (χ1) is 7.31. The van der Waals surface area contributed by atoms with E-state index in [1.807, 2.05) is 0 Å². The first kappa shape index (κ1) is 10.9. The number of rotatable bonds is 4. The van der Waals surface area contributed by atoms with E-state index in [2.05, 4.69) is 10.6 Å². The Morgan fingerprint density at radius 1 is 1.40 bits per heavy atom. The molecule has 1 unspecified atom stereocenters. The normalized spacial score (nSPS) is 34.1. The van der Waals surface area contributed by atoms with Crippen LogP contribution in [0.4, 0.5) is 0 Å². The molecule has 2 fully saturated rings. The molecule has 3 atom stereocenters. The predicted molar refractivity (Wildman–Crippen MR) is 57.5 cm³/mol. The van der Waals surface area contributed by atoms with Gasteiger partial charge in [0.05, 0.1) is 6.61 Å². The minimum Gasteiger partial charge on any atom is -0.383 e. The van der Waals surface area contributed by atoms with Crippen LogP contribution in [0.1, 0.15) is 12.8 Å². The van der Waals surface area contributed by atoms with Gasteiger partial charge in [0, 0.05) is 19.6 Å². The number of amides is 1. The van der Waals surface area contributed by atoms with Crippen molar-refractivity contribution in [2.24, 2.45) is 17.8 Å². The van der Waals surface area contributed by atoms with E-state index >= 15 is 0 Å². The van der Waals surface area contributed by atoms with Gasteiger partial charge in [-0.05, 0) is 37.8 Å². The van der Waals surface area contributed by atoms with Crippen molar-refractivity contribution in [3.05, 3.63) is 0 Å². The highest BCUT2D eigenvalue weighted by Crippen LogP contribution is 2.38. The van der Waals surface area contributed by atoms with Crippen molar-refractivity contribution in [1.29, 1.82) is 0 Å². The summed E-state index contributed by atoms with van der Waals surface area (Å²) in [5, 5.41) is 6.31. The highest BCUT2D eigenvalue weighted by atomic mass is 16.5. The molecule has 2 aliphatic rings. The Morgan fingerprint density at radius 2 is 2.07 bits per heavy atom. The molecule has 0 spiro atoms. The monoisotopic (exact) mass is 212 g/mol. The van der Waals surface area contributed by atoms with E-state index in [1.54, 1.807) is 7.11 Å². The van der Waals surface area contributed by atoms with Gasteiger partial charge >= 0.3 is 0 Å². The van der Waals surface area contributed by atoms with Gasteiger partial charge < -0.3 is 15.4 Å². The maximum Gasteiger partial charge on any atom is 0.223 e. The Morgan fingerprint density at radius 3 is 2.67 bits per heavy atom. The van der Waals surface area contributed by atoms with Crippen LogP contribution >= 0.6 is 0 Å². The van der Waals surface area contributed by atoms with E-state index in [9.17, 15) is 4.79 Å². The van der Waals surface area contributed by atoms with Crippen molar-refractivity contribution < 1.29 is 9.53 Å². The number of ether oxygens (including phenoxy) is 1. The van der Waals surface area contributed by atoms with Crippen LogP contribution in [0.25, 0.3) is 0 Å². The van der Waals surface area contributed by atoms with Gasteiger partial charge in [0.2, 0.25) is 5.91 Å². The number of hydrogen-bond acceptors (Lipinski definition) is 3. The summed E-state index contributed by atoms with van der Waals surface area (Å²) in [6, 6.07) is 0. The molecule has 2 N–H and O–H groups in total. The molecular formula is C11H20N2O2. The molecule has 86 valence electrons. The van der Waals surface area contributed by atoms with Crippen molar-refractivity contribution in [3.8, 4) is 0 Å². The third-order valence-corrected chi connectivity index (χ3v) is 3.63. The van der Waals surface area contributed by atoms with Crippen LogP contribution < -0.4 is 10.6 Å². The number of hydrogen-bond donors (Lipinski definition) is 2. The second-order valence-corrected chi connectivity index (χ2v) is 4.63. The molecule has 2 rings (SSSR count). The zero-order valence-corrected chi connectivity index (χ0v) is 9.29. The third-order valence-electron chi connectivity index (χ3n) is 3.63. The number of methoxy groups -OCH3 is 1. The summed E-state index contributed by atoms with van der Waals surface area (Å²) < 4.78 is 4.90. The first-order valence-corrected chi connectivity index (χ1v) is 5.78. The Kier molecular flexibility index (Phi) is 3.59. The van der Waals surface area contributed by atoms with Crippen LogP contribution in [0.2, 0.25) is 0 Å². The second kappa shape index (κ2) is 4.94. The molecular weight excluding hydrogens is 192 g/mol. The molecule has 1 amide bonds. The highest BCUT2D eigenvalue weighted by molar-refractivity contribution is 5.79. The lowest BCUT2D eigenvalue weighted by Gasteiger charge is -2.11. The van der Waals surface area contributed by atoms with Gasteiger partial charge in [0.1, 0.15) is 0 Å². The summed E-state index contributed by atoms with van der Waals surface area (Å²) in [4.78, 5) is 11.8. The molecule has 0 bridgehead atoms. The van der Waals surface area contributed by atoms with Gasteiger partial charge in [-0.15, -0.1) is 0 Å². The summed E-state index contributed by atoms with van der Waals surface area (Å²) in [5.41, 5.74) is 0. The number of carbonyl (C=O) groups excluding carboxylic acids is 1. The molecule has 0 aromatic rings. The Balaban J connectivity index is 1.73. The van der Waals surface area contributed by atoms with E-state index in [-0.39, 0.29) is 11.8 Å². The predicted octanol–water partition coefficient (Wildman–Crippen LogP) is -0.00540. The highest BCUT2D eigenvalue weighted by Gasteiger charge is 2.39. The average molecular weight is 212 g/mol. The lowest BCUT2D eigenvalue weighted by Crippen LogP contribution is -2.32. The Bertz CT molecular complexity index is 221. The standard InChI is InChI=1S/C11H20N2O2/c1-15-3-2-13-11(14)8-4-9-6-12-7-10(9)5-8/h8-10,12H,2-7H2,1H3,(H,13,14)/t8?,9-,10+. The molecule has 0 aromatic heterocycles. The molecule has 1 saturated carbocycles. The summed E-state index contributed by atoms with van der Waals surface area (Å²) in [7, 11) is 1.65. The van der Waals surface area contributed by atoms with E-state index in [1.165, 1.54) is 0 Å². The molecule has 0 radical (unpaired) electrons. The molecule has 4 nitrogen and oxygen atoms in total. The Labute approximate surface area is 90.8 Å². The maximum absolute atomic E-state index is 11.8. The third kappa shape index (κ3) is 2.49. The van der Waals surface area contributed by atoms with E-state index in [0.717, 1.165) is 37.8 Å². The summed E-state index contributed by atoms with van der Waals surface area (Å²) in [5.74, 6) is 1.95. The van der Waals surface area contributed by atoms with Crippen LogP contribution in [-0.2, 0) is 9.53 Å². The second-order valence-electron chi connectivity index (χ2n) is 4.63. The molecule has 1 heterocycles. The molecule has 15 heavy (non-hydrogen) atoms. The van der Waals surface area contributed by atoms with Crippen LogP contribution in [0.3, 0.4) is 0 Å². The van der Waals surface area contributed by atoms with Crippen LogP contribution in [0.15, 0.2) is 0 Å². The minimum atomic E-state index is 0.224. The van der Waals surface area contributed by atoms with Crippen molar-refractivity contribution in [3.63, 3.8) is 0 Å². The van der Waals surface area contributed by atoms with Gasteiger partial charge in [0.25, 0.3) is 0 Å². The summed E-state index contributed by atoms with van der Waals surface area (Å²) >= 11 is 0. The molecule has 0 aromatic carbocycles. The van der Waals surface area contributed by atoms with Crippen LogP contribution in [0.5, 0.6) is 0 Å². The van der Waals surface area contributed by atoms with Gasteiger partial charge in [-0.3, -0.25) is 4.79 Å². The number of nitrogens with one attached hydrogen (secondary N) is 2. The van der Waals surface area contributed by atoms with E-state index < -0.39 is 0 Å². The lowest BCUT2D eigenvalue weighted by molar-refractivity contribution is -0.125. The zero-order chi connectivity index (χ0) is 10.7. The van der Waals surface area contributed by atoms with Crippen molar-refractivity contribution in [2.75, 3.05) is 33.4 Å². The molecule has 1 aliphatic heterocycles. The molecule has 1 saturated heterocycles. The smallest absolute Gasteiger partial charge is 0.223 e. The van der Waals surface area contributed by atoms with Crippen LogP contribution in [0, 0.1) is 17.8 Å². The van der Waals surface area contributed by atoms with Gasteiger partial charge in [-0.25, -0.2) is 0 Å². The Hall–Kier alpha value is -0.610. The maximum atomic E-state index is 11.8. The lowest BCUT2D eigenvalue weighted by atomic mass is 10.0. The summed E-state index contributed by atoms with van der Waals surface area (Å²) in [6.07, 6.45) is 2.13. The fourth-order valence-electron chi connectivity index (χ4n) is 2.80. The minimum absolute atomic E-state index is 0.224. The van der Waals surface area contributed by atoms with Crippen molar-refractivity contribution in [1.82, 2.24) is 10.6 Å². The number of fused-ring (bicyclic) bond motifs is 1. The molecule has 4 heteroatoms. The summed E-state index contributed by atoms with van der Waals surface area (Å²) in [6.45, 7) is 3.45. The van der Waals surface area contributed by atoms with Gasteiger partial charge in [0.15, 0.2) is 0 Å².